The Hall–Kier alpha value is -8.77. The van der Waals surface area contributed by atoms with Crippen LogP contribution in [0.1, 0.15) is 0 Å². The lowest BCUT2D eigenvalue weighted by Crippen LogP contribution is -2.00. The summed E-state index contributed by atoms with van der Waals surface area (Å²) < 4.78 is 4.84. The Balaban J connectivity index is 0.927. The molecule has 0 unspecified atom stereocenters. The van der Waals surface area contributed by atoms with Crippen molar-refractivity contribution >= 4 is 53.3 Å². The molecule has 318 valence electrons. The van der Waals surface area contributed by atoms with Gasteiger partial charge >= 0.3 is 0 Å². The van der Waals surface area contributed by atoms with Crippen molar-refractivity contribution in [2.45, 2.75) is 0 Å². The smallest absolute Gasteiger partial charge is 0.164 e. The van der Waals surface area contributed by atoms with E-state index in [0.29, 0.717) is 17.5 Å². The highest BCUT2D eigenvalue weighted by Crippen LogP contribution is 2.43. The molecule has 3 heterocycles. The zero-order valence-electron chi connectivity index (χ0n) is 36.8. The van der Waals surface area contributed by atoms with Crippen LogP contribution in [-0.4, -0.2) is 19.5 Å². The Labute approximate surface area is 397 Å². The Morgan fingerprint density at radius 2 is 0.765 bits per heavy atom. The lowest BCUT2D eigenvalue weighted by molar-refractivity contribution is 1.08. The van der Waals surface area contributed by atoms with Crippen molar-refractivity contribution in [2.75, 3.05) is 0 Å². The van der Waals surface area contributed by atoms with Crippen LogP contribution < -0.4 is 0 Å². The summed E-state index contributed by atoms with van der Waals surface area (Å²) in [6, 6.07) is 86.7. The Morgan fingerprint density at radius 1 is 0.279 bits per heavy atom. The number of para-hydroxylation sites is 1. The standard InChI is InChI=1S/C63H40N4S/c1-5-17-41(18-6-1)48-35-49(42-19-7-2-8-20-42)37-50(36-48)45-25-15-26-51(38-45)67-56-29-14-13-27-52(56)54-39-46(31-33-57(54)67)47-32-34-58-55(40-47)60-53(28-16-30-59(60)68-58)63-65-61(43-21-9-3-10-22-43)64-62(66-63)44-23-11-4-12-24-44/h1-40H. The number of thiophene rings is 1. The van der Waals surface area contributed by atoms with Crippen LogP contribution in [0.2, 0.25) is 0 Å². The average Bonchev–Trinajstić information content (AvgIpc) is 3.97. The van der Waals surface area contributed by atoms with Crippen molar-refractivity contribution in [3.8, 4) is 84.4 Å². The average molecular weight is 885 g/mol. The molecule has 0 saturated heterocycles. The van der Waals surface area contributed by atoms with Gasteiger partial charge in [0.05, 0.1) is 11.0 Å². The second-order valence-electron chi connectivity index (χ2n) is 17.2. The molecule has 4 nitrogen and oxygen atoms in total. The maximum atomic E-state index is 5.14. The van der Waals surface area contributed by atoms with Gasteiger partial charge in [0.15, 0.2) is 17.5 Å². The van der Waals surface area contributed by atoms with E-state index in [4.69, 9.17) is 15.0 Å². The van der Waals surface area contributed by atoms with Crippen LogP contribution in [0.3, 0.4) is 0 Å². The van der Waals surface area contributed by atoms with Gasteiger partial charge in [-0.2, -0.15) is 0 Å². The lowest BCUT2D eigenvalue weighted by Gasteiger charge is -2.14. The van der Waals surface area contributed by atoms with Crippen molar-refractivity contribution in [1.29, 1.82) is 0 Å². The third-order valence-corrected chi connectivity index (χ3v) is 14.2. The fourth-order valence-electron chi connectivity index (χ4n) is 9.77. The maximum absolute atomic E-state index is 5.14. The van der Waals surface area contributed by atoms with E-state index in [1.807, 2.05) is 36.4 Å². The first kappa shape index (κ1) is 39.6. The van der Waals surface area contributed by atoms with Crippen LogP contribution in [0.5, 0.6) is 0 Å². The largest absolute Gasteiger partial charge is 0.309 e. The molecule has 0 aliphatic rings. The molecule has 3 aromatic heterocycles. The minimum absolute atomic E-state index is 0.653. The van der Waals surface area contributed by atoms with Gasteiger partial charge in [-0.05, 0) is 111 Å². The normalized spacial score (nSPS) is 11.5. The summed E-state index contributed by atoms with van der Waals surface area (Å²) in [4.78, 5) is 15.3. The van der Waals surface area contributed by atoms with Crippen molar-refractivity contribution in [3.63, 3.8) is 0 Å². The van der Waals surface area contributed by atoms with Gasteiger partial charge in [0.2, 0.25) is 0 Å². The van der Waals surface area contributed by atoms with Gasteiger partial charge in [-0.3, -0.25) is 0 Å². The molecule has 0 amide bonds. The van der Waals surface area contributed by atoms with Crippen LogP contribution in [0, 0.1) is 0 Å². The highest BCUT2D eigenvalue weighted by molar-refractivity contribution is 7.26. The van der Waals surface area contributed by atoms with E-state index in [-0.39, 0.29) is 0 Å². The van der Waals surface area contributed by atoms with Gasteiger partial charge in [0.25, 0.3) is 0 Å². The number of rotatable bonds is 8. The minimum atomic E-state index is 0.653. The fourth-order valence-corrected chi connectivity index (χ4v) is 10.9. The van der Waals surface area contributed by atoms with Crippen LogP contribution >= 0.6 is 11.3 Å². The third kappa shape index (κ3) is 7.05. The summed E-state index contributed by atoms with van der Waals surface area (Å²) in [7, 11) is 0. The zero-order chi connectivity index (χ0) is 45.0. The predicted molar refractivity (Wildman–Crippen MR) is 285 cm³/mol. The molecule has 0 spiro atoms. The summed E-state index contributed by atoms with van der Waals surface area (Å²) >= 11 is 1.80. The van der Waals surface area contributed by atoms with Gasteiger partial charge in [-0.15, -0.1) is 11.3 Å². The van der Waals surface area contributed by atoms with E-state index >= 15 is 0 Å². The number of fused-ring (bicyclic) bond motifs is 6. The van der Waals surface area contributed by atoms with E-state index in [1.54, 1.807) is 11.3 Å². The van der Waals surface area contributed by atoms with Crippen molar-refractivity contribution < 1.29 is 0 Å². The summed E-state index contributed by atoms with van der Waals surface area (Å²) in [5.41, 5.74) is 15.8. The number of hydrogen-bond donors (Lipinski definition) is 0. The molecule has 0 atom stereocenters. The van der Waals surface area contributed by atoms with E-state index in [9.17, 15) is 0 Å². The summed E-state index contributed by atoms with van der Waals surface area (Å²) in [5.74, 6) is 1.97. The highest BCUT2D eigenvalue weighted by atomic mass is 32.1. The third-order valence-electron chi connectivity index (χ3n) is 13.0. The van der Waals surface area contributed by atoms with Gasteiger partial charge in [-0.25, -0.2) is 15.0 Å². The molecular formula is C63H40N4S. The molecule has 13 aromatic rings. The topological polar surface area (TPSA) is 43.6 Å². The van der Waals surface area contributed by atoms with Gasteiger partial charge in [0.1, 0.15) is 0 Å². The van der Waals surface area contributed by atoms with E-state index < -0.39 is 0 Å². The first-order valence-electron chi connectivity index (χ1n) is 22.9. The van der Waals surface area contributed by atoms with Crippen molar-refractivity contribution in [2.24, 2.45) is 0 Å². The Bertz CT molecular complexity index is 3890. The van der Waals surface area contributed by atoms with Crippen LogP contribution in [0.4, 0.5) is 0 Å². The zero-order valence-corrected chi connectivity index (χ0v) is 37.6. The molecule has 0 fully saturated rings. The SMILES string of the molecule is c1ccc(-c2cc(-c3ccccc3)cc(-c3cccc(-n4c5ccccc5c5cc(-c6ccc7sc8cccc(-c9nc(-c%10ccccc%10)nc(-c%10ccccc%10)n9)c8c7c6)ccc54)c3)c2)cc1. The maximum Gasteiger partial charge on any atom is 0.164 e. The molecule has 0 aliphatic heterocycles. The summed E-state index contributed by atoms with van der Waals surface area (Å²) in [6.45, 7) is 0. The second-order valence-corrected chi connectivity index (χ2v) is 18.3. The van der Waals surface area contributed by atoms with Gasteiger partial charge < -0.3 is 4.57 Å². The second kappa shape index (κ2) is 16.6. The van der Waals surface area contributed by atoms with Crippen molar-refractivity contribution in [3.05, 3.63) is 243 Å². The summed E-state index contributed by atoms with van der Waals surface area (Å²) in [5, 5.41) is 4.77. The summed E-state index contributed by atoms with van der Waals surface area (Å²) in [6.07, 6.45) is 0. The molecule has 13 rings (SSSR count). The van der Waals surface area contributed by atoms with E-state index in [0.717, 1.165) is 44.4 Å². The molecular weight excluding hydrogens is 845 g/mol. The first-order chi connectivity index (χ1) is 33.7. The number of aromatic nitrogens is 4. The molecule has 10 aromatic carbocycles. The van der Waals surface area contributed by atoms with Gasteiger partial charge in [-0.1, -0.05) is 176 Å². The molecule has 68 heavy (non-hydrogen) atoms. The van der Waals surface area contributed by atoms with E-state index in [2.05, 4.69) is 211 Å². The first-order valence-corrected chi connectivity index (χ1v) is 23.7. The van der Waals surface area contributed by atoms with E-state index in [1.165, 1.54) is 64.5 Å². The Morgan fingerprint density at radius 3 is 1.41 bits per heavy atom. The number of benzene rings is 10. The number of hydrogen-bond acceptors (Lipinski definition) is 4. The molecule has 0 aliphatic carbocycles. The quantitative estimate of drug-likeness (QED) is 0.153. The Kier molecular flexibility index (Phi) is 9.66. The molecule has 0 radical (unpaired) electrons. The predicted octanol–water partition coefficient (Wildman–Crippen LogP) is 17.0. The lowest BCUT2D eigenvalue weighted by atomic mass is 9.93. The van der Waals surface area contributed by atoms with Crippen LogP contribution in [-0.2, 0) is 0 Å². The van der Waals surface area contributed by atoms with Gasteiger partial charge in [0, 0.05) is 53.3 Å². The molecule has 0 bridgehead atoms. The molecule has 5 heteroatoms. The van der Waals surface area contributed by atoms with Crippen LogP contribution in [0.15, 0.2) is 243 Å². The molecule has 0 saturated carbocycles. The highest BCUT2D eigenvalue weighted by Gasteiger charge is 2.19. The monoisotopic (exact) mass is 884 g/mol. The number of nitrogens with zero attached hydrogens (tertiary/aromatic N) is 4. The fraction of sp³-hybridized carbons (Fsp3) is 0. The molecule has 0 N–H and O–H groups in total. The minimum Gasteiger partial charge on any atom is -0.309 e. The van der Waals surface area contributed by atoms with Crippen LogP contribution in [0.25, 0.3) is 126 Å². The van der Waals surface area contributed by atoms with Crippen molar-refractivity contribution in [1.82, 2.24) is 19.5 Å².